The first-order chi connectivity index (χ1) is 20.9. The van der Waals surface area contributed by atoms with E-state index in [0.29, 0.717) is 41.8 Å². The lowest BCUT2D eigenvalue weighted by atomic mass is 9.96. The van der Waals surface area contributed by atoms with Crippen LogP contribution in [-0.2, 0) is 19.7 Å². The van der Waals surface area contributed by atoms with E-state index in [0.717, 1.165) is 89.4 Å². The summed E-state index contributed by atoms with van der Waals surface area (Å²) < 4.78 is 67.1. The number of piperazine rings is 1. The van der Waals surface area contributed by atoms with Crippen molar-refractivity contribution in [2.24, 2.45) is 0 Å². The normalized spacial score (nSPS) is 20.8. The lowest BCUT2D eigenvalue weighted by Gasteiger charge is -2.46. The van der Waals surface area contributed by atoms with Gasteiger partial charge in [0.05, 0.1) is 21.0 Å². The molecular formula is C31H40FN5O5S2. The van der Waals surface area contributed by atoms with Gasteiger partial charge in [-0.3, -0.25) is 9.88 Å². The molecular weight excluding hydrogens is 606 g/mol. The van der Waals surface area contributed by atoms with Gasteiger partial charge in [0, 0.05) is 69.2 Å². The Morgan fingerprint density at radius 2 is 1.39 bits per heavy atom. The number of phenols is 1. The number of hydrogen-bond acceptors (Lipinski definition) is 10. The van der Waals surface area contributed by atoms with Crippen LogP contribution in [0.3, 0.4) is 0 Å². The fourth-order valence-corrected chi connectivity index (χ4v) is 9.02. The number of nitrogens with zero attached hydrogens (tertiary/aromatic N) is 5. The molecule has 0 saturated carbocycles. The highest BCUT2D eigenvalue weighted by Gasteiger charge is 2.34. The summed E-state index contributed by atoms with van der Waals surface area (Å²) in [4.78, 5) is 13.6. The smallest absolute Gasteiger partial charge is 0.210 e. The van der Waals surface area contributed by atoms with Crippen molar-refractivity contribution in [3.8, 4) is 5.75 Å². The Labute approximate surface area is 258 Å². The molecule has 0 amide bonds. The van der Waals surface area contributed by atoms with E-state index in [9.17, 15) is 26.3 Å². The first kappa shape index (κ1) is 31.2. The number of halogens is 1. The van der Waals surface area contributed by atoms with Gasteiger partial charge in [-0.25, -0.2) is 21.2 Å². The number of hydrogen-bond donors (Lipinski definition) is 1. The molecule has 3 aromatic rings. The summed E-state index contributed by atoms with van der Waals surface area (Å²) in [7, 11) is -5.67. The maximum Gasteiger partial charge on any atom is 0.210 e. The van der Waals surface area contributed by atoms with E-state index >= 15 is 0 Å². The highest BCUT2D eigenvalue weighted by molar-refractivity contribution is 7.91. The lowest BCUT2D eigenvalue weighted by Crippen LogP contribution is -2.54. The number of fused-ring (bicyclic) bond motifs is 1. The van der Waals surface area contributed by atoms with Crippen molar-refractivity contribution in [3.63, 3.8) is 0 Å². The SMILES string of the molecule is CN1CCN(C2CCN(C3CCN(c4c(S(=O)(=O)c5ccc(O)c(F)c5)cnc5ccc(S(C)(=O)=O)cc45)CC3)CC2)CC1. The van der Waals surface area contributed by atoms with Gasteiger partial charge in [-0.15, -0.1) is 0 Å². The van der Waals surface area contributed by atoms with Gasteiger partial charge < -0.3 is 19.8 Å². The molecule has 0 bridgehead atoms. The first-order valence-electron chi connectivity index (χ1n) is 15.2. The van der Waals surface area contributed by atoms with E-state index in [2.05, 4.69) is 26.7 Å². The molecule has 44 heavy (non-hydrogen) atoms. The third-order valence-corrected chi connectivity index (χ3v) is 12.4. The van der Waals surface area contributed by atoms with Gasteiger partial charge in [-0.05, 0) is 82.2 Å². The lowest BCUT2D eigenvalue weighted by molar-refractivity contribution is 0.0495. The maximum atomic E-state index is 14.3. The molecule has 0 aliphatic carbocycles. The minimum Gasteiger partial charge on any atom is -0.505 e. The zero-order chi connectivity index (χ0) is 31.2. The van der Waals surface area contributed by atoms with Gasteiger partial charge in [-0.2, -0.15) is 0 Å². The van der Waals surface area contributed by atoms with Crippen LogP contribution >= 0.6 is 0 Å². The highest BCUT2D eigenvalue weighted by Crippen LogP contribution is 2.39. The predicted molar refractivity (Wildman–Crippen MR) is 167 cm³/mol. The molecule has 4 heterocycles. The molecule has 6 rings (SSSR count). The third-order valence-electron chi connectivity index (χ3n) is 9.57. The number of phenolic OH excluding ortho intramolecular Hbond substituents is 1. The Kier molecular flexibility index (Phi) is 8.61. The predicted octanol–water partition coefficient (Wildman–Crippen LogP) is 3.00. The zero-order valence-corrected chi connectivity index (χ0v) is 26.8. The molecule has 0 unspecified atom stereocenters. The number of anilines is 1. The number of pyridine rings is 1. The number of aromatic nitrogens is 1. The molecule has 0 atom stereocenters. The van der Waals surface area contributed by atoms with Crippen LogP contribution in [0.1, 0.15) is 25.7 Å². The Morgan fingerprint density at radius 3 is 2.00 bits per heavy atom. The fourth-order valence-electron chi connectivity index (χ4n) is 6.93. The topological polar surface area (TPSA) is 114 Å². The van der Waals surface area contributed by atoms with Crippen molar-refractivity contribution >= 4 is 36.3 Å². The summed E-state index contributed by atoms with van der Waals surface area (Å²) in [6.45, 7) is 7.74. The van der Waals surface area contributed by atoms with Crippen molar-refractivity contribution in [1.82, 2.24) is 19.7 Å². The van der Waals surface area contributed by atoms with Gasteiger partial charge in [0.25, 0.3) is 0 Å². The summed E-state index contributed by atoms with van der Waals surface area (Å²) in [5.74, 6) is -1.69. The van der Waals surface area contributed by atoms with Crippen LogP contribution in [0.15, 0.2) is 57.3 Å². The summed E-state index contributed by atoms with van der Waals surface area (Å²) in [6.07, 6.45) is 6.36. The van der Waals surface area contributed by atoms with Crippen LogP contribution in [0.4, 0.5) is 10.1 Å². The number of likely N-dealkylation sites (tertiary alicyclic amines) is 1. The molecule has 3 aliphatic rings. The van der Waals surface area contributed by atoms with Gasteiger partial charge in [0.2, 0.25) is 9.84 Å². The molecule has 2 aromatic carbocycles. The van der Waals surface area contributed by atoms with Crippen LogP contribution in [-0.4, -0.2) is 119 Å². The minimum atomic E-state index is -4.28. The molecule has 13 heteroatoms. The van der Waals surface area contributed by atoms with Gasteiger partial charge >= 0.3 is 0 Å². The molecule has 1 N–H and O–H groups in total. The van der Waals surface area contributed by atoms with Crippen LogP contribution in [0.5, 0.6) is 5.75 Å². The number of rotatable bonds is 6. The molecule has 0 radical (unpaired) electrons. The molecule has 10 nitrogen and oxygen atoms in total. The molecule has 0 spiro atoms. The van der Waals surface area contributed by atoms with Gasteiger partial charge in [-0.1, -0.05) is 0 Å². The number of sulfone groups is 2. The Hall–Kier alpha value is -2.84. The Morgan fingerprint density at radius 1 is 0.795 bits per heavy atom. The second-order valence-electron chi connectivity index (χ2n) is 12.4. The second-order valence-corrected chi connectivity index (χ2v) is 16.3. The van der Waals surface area contributed by atoms with Crippen LogP contribution in [0.2, 0.25) is 0 Å². The van der Waals surface area contributed by atoms with Crippen LogP contribution < -0.4 is 4.90 Å². The molecule has 238 valence electrons. The van der Waals surface area contributed by atoms with Crippen LogP contribution in [0.25, 0.3) is 10.9 Å². The summed E-state index contributed by atoms with van der Waals surface area (Å²) in [5.41, 5.74) is 0.845. The quantitative estimate of drug-likeness (QED) is 0.429. The number of benzene rings is 2. The number of aromatic hydroxyl groups is 1. The maximum absolute atomic E-state index is 14.3. The summed E-state index contributed by atoms with van der Waals surface area (Å²) >= 11 is 0. The van der Waals surface area contributed by atoms with Crippen LogP contribution in [0, 0.1) is 5.82 Å². The first-order valence-corrected chi connectivity index (χ1v) is 18.6. The minimum absolute atomic E-state index is 0.0661. The monoisotopic (exact) mass is 645 g/mol. The number of likely N-dealkylation sites (N-methyl/N-ethyl adjacent to an activating group) is 1. The molecule has 1 aromatic heterocycles. The van der Waals surface area contributed by atoms with Crippen molar-refractivity contribution in [1.29, 1.82) is 0 Å². The highest BCUT2D eigenvalue weighted by atomic mass is 32.2. The summed E-state index contributed by atoms with van der Waals surface area (Å²) in [5, 5.41) is 10.1. The summed E-state index contributed by atoms with van der Waals surface area (Å²) in [6, 6.07) is 8.51. The standard InChI is InChI=1S/C31H40FN5O5S2/c1-34-15-17-36(18-16-34)23-7-11-35(12-8-23)22-9-13-37(14-10-22)31-26-19-24(43(2,39)40)3-5-28(26)33-21-30(31)44(41,42)25-4-6-29(38)27(32)20-25/h3-6,19-23,38H,7-18H2,1-2H3. The zero-order valence-electron chi connectivity index (χ0n) is 25.2. The molecule has 3 fully saturated rings. The van der Waals surface area contributed by atoms with E-state index in [1.165, 1.54) is 18.3 Å². The average molecular weight is 646 g/mol. The number of piperidine rings is 2. The molecule has 3 aliphatic heterocycles. The van der Waals surface area contributed by atoms with Gasteiger partial charge in [0.15, 0.2) is 21.4 Å². The third kappa shape index (κ3) is 6.17. The average Bonchev–Trinajstić information content (AvgIpc) is 3.01. The van der Waals surface area contributed by atoms with Crippen molar-refractivity contribution in [2.45, 2.75) is 52.5 Å². The van der Waals surface area contributed by atoms with E-state index in [1.54, 1.807) is 6.07 Å². The van der Waals surface area contributed by atoms with E-state index in [4.69, 9.17) is 0 Å². The largest absolute Gasteiger partial charge is 0.505 e. The second kappa shape index (κ2) is 12.2. The fraction of sp³-hybridized carbons (Fsp3) is 0.516. The van der Waals surface area contributed by atoms with E-state index in [-0.39, 0.29) is 14.7 Å². The van der Waals surface area contributed by atoms with Crippen molar-refractivity contribution < 1.29 is 26.3 Å². The Balaban J connectivity index is 1.27. The van der Waals surface area contributed by atoms with Gasteiger partial charge in [0.1, 0.15) is 4.90 Å². The van der Waals surface area contributed by atoms with Crippen molar-refractivity contribution in [2.75, 3.05) is 70.6 Å². The van der Waals surface area contributed by atoms with E-state index in [1.807, 2.05) is 4.90 Å². The Bertz CT molecular complexity index is 1750. The molecule has 3 saturated heterocycles. The van der Waals surface area contributed by atoms with Crippen molar-refractivity contribution in [3.05, 3.63) is 48.4 Å². The van der Waals surface area contributed by atoms with E-state index < -0.39 is 31.2 Å².